The fraction of sp³-hybridized carbons (Fsp3) is 0.357. The van der Waals surface area contributed by atoms with Gasteiger partial charge in [-0.1, -0.05) is 38.1 Å². The molecule has 0 aliphatic rings. The van der Waals surface area contributed by atoms with Gasteiger partial charge in [0.25, 0.3) is 5.89 Å². The first-order valence-electron chi connectivity index (χ1n) is 5.83. The highest BCUT2D eigenvalue weighted by molar-refractivity contribution is 5.90. The molecule has 0 spiro atoms. The van der Waals surface area contributed by atoms with Crippen molar-refractivity contribution in [2.24, 2.45) is 0 Å². The van der Waals surface area contributed by atoms with Crippen molar-refractivity contribution in [3.05, 3.63) is 35.7 Å². The highest BCUT2D eigenvalue weighted by Gasteiger charge is 2.15. The number of carbonyl (C=O) groups is 1. The number of rotatable bonds is 2. The van der Waals surface area contributed by atoms with Gasteiger partial charge >= 0.3 is 0 Å². The first-order chi connectivity index (χ1) is 8.38. The summed E-state index contributed by atoms with van der Waals surface area (Å²) in [7, 11) is 0. The maximum atomic E-state index is 11.1. The van der Waals surface area contributed by atoms with Crippen molar-refractivity contribution in [3.63, 3.8) is 0 Å². The Bertz CT molecular complexity index is 562. The fourth-order valence-electron chi connectivity index (χ4n) is 1.60. The number of hydrogen-bond acceptors (Lipinski definition) is 4. The van der Waals surface area contributed by atoms with Gasteiger partial charge in [0.15, 0.2) is 0 Å². The van der Waals surface area contributed by atoms with Crippen LogP contribution in [0.3, 0.4) is 0 Å². The molecule has 4 heteroatoms. The van der Waals surface area contributed by atoms with E-state index in [2.05, 4.69) is 30.9 Å². The summed E-state index contributed by atoms with van der Waals surface area (Å²) in [6.07, 6.45) is 0. The second-order valence-corrected chi connectivity index (χ2v) is 5.31. The molecular formula is C14H16N2O2. The maximum absolute atomic E-state index is 11.1. The molecule has 0 bridgehead atoms. The molecule has 1 aromatic carbocycles. The number of Topliss-reactive ketones (excluding diaryl/α,β-unsaturated/α-hetero) is 1. The number of aromatic nitrogens is 2. The molecule has 0 saturated heterocycles. The minimum atomic E-state index is -0.198. The van der Waals surface area contributed by atoms with E-state index >= 15 is 0 Å². The van der Waals surface area contributed by atoms with Crippen LogP contribution in [0.2, 0.25) is 0 Å². The molecule has 0 radical (unpaired) electrons. The Balaban J connectivity index is 2.31. The highest BCUT2D eigenvalue weighted by Crippen LogP contribution is 2.25. The van der Waals surface area contributed by atoms with Gasteiger partial charge in [-0.15, -0.1) is 0 Å². The summed E-state index contributed by atoms with van der Waals surface area (Å²) in [5, 5.41) is 3.63. The maximum Gasteiger partial charge on any atom is 0.258 e. The van der Waals surface area contributed by atoms with Gasteiger partial charge in [0.2, 0.25) is 11.6 Å². The fourth-order valence-corrected chi connectivity index (χ4v) is 1.60. The monoisotopic (exact) mass is 244 g/mol. The second-order valence-electron chi connectivity index (χ2n) is 5.31. The molecule has 18 heavy (non-hydrogen) atoms. The summed E-state index contributed by atoms with van der Waals surface area (Å²) in [4.78, 5) is 15.1. The Morgan fingerprint density at radius 3 is 2.22 bits per heavy atom. The summed E-state index contributed by atoms with van der Waals surface area (Å²) >= 11 is 0. The molecule has 1 heterocycles. The van der Waals surface area contributed by atoms with Crippen LogP contribution >= 0.6 is 0 Å². The van der Waals surface area contributed by atoms with Crippen LogP contribution in [0.4, 0.5) is 0 Å². The Labute approximate surface area is 106 Å². The van der Waals surface area contributed by atoms with E-state index < -0.39 is 0 Å². The first kappa shape index (κ1) is 12.5. The largest absolute Gasteiger partial charge is 0.334 e. The molecule has 0 amide bonds. The average molecular weight is 244 g/mol. The smallest absolute Gasteiger partial charge is 0.258 e. The molecule has 0 unspecified atom stereocenters. The van der Waals surface area contributed by atoms with E-state index in [4.69, 9.17) is 4.52 Å². The average Bonchev–Trinajstić information content (AvgIpc) is 2.77. The summed E-state index contributed by atoms with van der Waals surface area (Å²) in [6, 6.07) is 7.93. The minimum Gasteiger partial charge on any atom is -0.334 e. The molecule has 1 aromatic heterocycles. The lowest BCUT2D eigenvalue weighted by atomic mass is 9.87. The molecule has 0 aliphatic heterocycles. The van der Waals surface area contributed by atoms with Crippen LogP contribution < -0.4 is 0 Å². The van der Waals surface area contributed by atoms with Crippen LogP contribution in [0.15, 0.2) is 28.8 Å². The zero-order valence-corrected chi connectivity index (χ0v) is 11.0. The third-order valence-electron chi connectivity index (χ3n) is 2.74. The van der Waals surface area contributed by atoms with Gasteiger partial charge in [-0.05, 0) is 23.1 Å². The molecule has 0 saturated carbocycles. The van der Waals surface area contributed by atoms with Crippen molar-refractivity contribution in [2.45, 2.75) is 33.1 Å². The van der Waals surface area contributed by atoms with Crippen molar-refractivity contribution < 1.29 is 9.32 Å². The van der Waals surface area contributed by atoms with Crippen LogP contribution in [0.5, 0.6) is 0 Å². The second kappa shape index (κ2) is 4.37. The van der Waals surface area contributed by atoms with E-state index in [9.17, 15) is 4.79 Å². The summed E-state index contributed by atoms with van der Waals surface area (Å²) in [6.45, 7) is 7.88. The van der Waals surface area contributed by atoms with Gasteiger partial charge < -0.3 is 4.52 Å². The number of benzene rings is 1. The molecule has 0 aliphatic carbocycles. The third-order valence-corrected chi connectivity index (χ3v) is 2.74. The van der Waals surface area contributed by atoms with Gasteiger partial charge in [-0.2, -0.15) is 4.98 Å². The molecule has 0 fully saturated rings. The van der Waals surface area contributed by atoms with Gasteiger partial charge in [-0.3, -0.25) is 4.79 Å². The number of hydrogen-bond donors (Lipinski definition) is 0. The van der Waals surface area contributed by atoms with E-state index in [0.717, 1.165) is 5.56 Å². The zero-order valence-electron chi connectivity index (χ0n) is 11.0. The van der Waals surface area contributed by atoms with E-state index in [-0.39, 0.29) is 17.0 Å². The lowest BCUT2D eigenvalue weighted by molar-refractivity contribution is 0.100. The molecule has 0 atom stereocenters. The predicted molar refractivity (Wildman–Crippen MR) is 68.4 cm³/mol. The Morgan fingerprint density at radius 2 is 1.78 bits per heavy atom. The van der Waals surface area contributed by atoms with Gasteiger partial charge in [-0.25, -0.2) is 0 Å². The summed E-state index contributed by atoms with van der Waals surface area (Å²) < 4.78 is 5.06. The van der Waals surface area contributed by atoms with Crippen molar-refractivity contribution in [1.29, 1.82) is 0 Å². The zero-order chi connectivity index (χ0) is 13.3. The van der Waals surface area contributed by atoms with Gasteiger partial charge in [0.05, 0.1) is 0 Å². The van der Waals surface area contributed by atoms with Crippen molar-refractivity contribution in [2.75, 3.05) is 0 Å². The van der Waals surface area contributed by atoms with Gasteiger partial charge in [0, 0.05) is 12.5 Å². The predicted octanol–water partition coefficient (Wildman–Crippen LogP) is 3.24. The van der Waals surface area contributed by atoms with Gasteiger partial charge in [0.1, 0.15) is 0 Å². The van der Waals surface area contributed by atoms with Crippen LogP contribution in [-0.2, 0) is 5.41 Å². The SMILES string of the molecule is CC(=O)c1noc(-c2ccc(C(C)(C)C)cc2)n1. The highest BCUT2D eigenvalue weighted by atomic mass is 16.5. The lowest BCUT2D eigenvalue weighted by Crippen LogP contribution is -2.10. The van der Waals surface area contributed by atoms with Crippen molar-refractivity contribution in [3.8, 4) is 11.5 Å². The molecule has 2 rings (SSSR count). The van der Waals surface area contributed by atoms with E-state index in [1.807, 2.05) is 24.3 Å². The van der Waals surface area contributed by atoms with Crippen LogP contribution in [0.1, 0.15) is 43.9 Å². The molecule has 2 aromatic rings. The number of nitrogens with zero attached hydrogens (tertiary/aromatic N) is 2. The quantitative estimate of drug-likeness (QED) is 0.761. The molecule has 94 valence electrons. The normalized spacial score (nSPS) is 11.6. The Kier molecular flexibility index (Phi) is 3.03. The molecule has 4 nitrogen and oxygen atoms in total. The van der Waals surface area contributed by atoms with Crippen LogP contribution in [0, 0.1) is 0 Å². The molecular weight excluding hydrogens is 228 g/mol. The van der Waals surface area contributed by atoms with Crippen molar-refractivity contribution in [1.82, 2.24) is 10.1 Å². The van der Waals surface area contributed by atoms with Crippen LogP contribution in [-0.4, -0.2) is 15.9 Å². The Hall–Kier alpha value is -1.97. The van der Waals surface area contributed by atoms with E-state index in [0.29, 0.717) is 5.89 Å². The standard InChI is InChI=1S/C14H16N2O2/c1-9(17)12-15-13(18-16-12)10-5-7-11(8-6-10)14(2,3)4/h5-8H,1-4H3. The van der Waals surface area contributed by atoms with Crippen molar-refractivity contribution >= 4 is 5.78 Å². The topological polar surface area (TPSA) is 56.0 Å². The first-order valence-corrected chi connectivity index (χ1v) is 5.83. The number of carbonyl (C=O) groups excluding carboxylic acids is 1. The van der Waals surface area contributed by atoms with E-state index in [1.54, 1.807) is 0 Å². The van der Waals surface area contributed by atoms with Crippen LogP contribution in [0.25, 0.3) is 11.5 Å². The summed E-state index contributed by atoms with van der Waals surface area (Å²) in [5.74, 6) is 0.293. The minimum absolute atomic E-state index is 0.109. The van der Waals surface area contributed by atoms with E-state index in [1.165, 1.54) is 12.5 Å². The summed E-state index contributed by atoms with van der Waals surface area (Å²) in [5.41, 5.74) is 2.17. The Morgan fingerprint density at radius 1 is 1.17 bits per heavy atom. The molecule has 0 N–H and O–H groups in total. The number of ketones is 1. The third kappa shape index (κ3) is 2.47. The lowest BCUT2D eigenvalue weighted by Gasteiger charge is -2.18.